The van der Waals surface area contributed by atoms with Crippen LogP contribution in [0.5, 0.6) is 5.75 Å². The second kappa shape index (κ2) is 10.1. The number of likely N-dealkylation sites (N-methyl/N-ethyl adjacent to an activating group) is 1. The summed E-state index contributed by atoms with van der Waals surface area (Å²) >= 11 is 0. The first-order valence-corrected chi connectivity index (χ1v) is 11.3. The molecule has 2 aromatic carbocycles. The van der Waals surface area contributed by atoms with Crippen LogP contribution in [0.15, 0.2) is 48.5 Å². The van der Waals surface area contributed by atoms with Crippen molar-refractivity contribution in [1.82, 2.24) is 10.2 Å². The first kappa shape index (κ1) is 22.3. The van der Waals surface area contributed by atoms with Crippen LogP contribution in [-0.2, 0) is 9.53 Å². The summed E-state index contributed by atoms with van der Waals surface area (Å²) < 4.78 is 10.7. The van der Waals surface area contributed by atoms with Gasteiger partial charge in [0.1, 0.15) is 18.8 Å². The summed E-state index contributed by atoms with van der Waals surface area (Å²) in [4.78, 5) is 29.8. The van der Waals surface area contributed by atoms with Gasteiger partial charge in [0, 0.05) is 25.6 Å². The van der Waals surface area contributed by atoms with Crippen LogP contribution in [0.25, 0.3) is 0 Å². The van der Waals surface area contributed by atoms with Gasteiger partial charge in [0.2, 0.25) is 5.91 Å². The number of hydrogen-bond donors (Lipinski definition) is 2. The van der Waals surface area contributed by atoms with Crippen molar-refractivity contribution in [1.29, 1.82) is 0 Å². The Morgan fingerprint density at radius 1 is 1.16 bits per heavy atom. The summed E-state index contributed by atoms with van der Waals surface area (Å²) in [5.41, 5.74) is 2.29. The van der Waals surface area contributed by atoms with Gasteiger partial charge in [0.15, 0.2) is 0 Å². The highest BCUT2D eigenvalue weighted by Crippen LogP contribution is 2.42. The minimum atomic E-state index is -0.474. The van der Waals surface area contributed by atoms with E-state index in [1.165, 1.54) is 4.90 Å². The molecule has 2 N–H and O–H groups in total. The Labute approximate surface area is 189 Å². The van der Waals surface area contributed by atoms with Crippen LogP contribution in [0.2, 0.25) is 0 Å². The van der Waals surface area contributed by atoms with E-state index in [-0.39, 0.29) is 17.9 Å². The number of nitrogens with zero attached hydrogens (tertiary/aromatic N) is 1. The zero-order valence-electron chi connectivity index (χ0n) is 18.8. The topological polar surface area (TPSA) is 72.3 Å². The average molecular weight is 439 g/mol. The molecule has 7 heteroatoms. The van der Waals surface area contributed by atoms with Crippen LogP contribution in [0, 0.1) is 0 Å². The molecule has 0 aromatic heterocycles. The molecule has 1 fully saturated rings. The number of methoxy groups -OCH3 is 1. The third-order valence-corrected chi connectivity index (χ3v) is 6.53. The van der Waals surface area contributed by atoms with E-state index in [1.54, 1.807) is 25.1 Å². The summed E-state index contributed by atoms with van der Waals surface area (Å²) in [6.45, 7) is 5.31. The van der Waals surface area contributed by atoms with E-state index in [0.29, 0.717) is 12.1 Å². The van der Waals surface area contributed by atoms with Crippen LogP contribution >= 0.6 is 0 Å². The van der Waals surface area contributed by atoms with Crippen LogP contribution in [0.3, 0.4) is 0 Å². The molecule has 170 valence electrons. The number of fused-ring (bicyclic) bond motifs is 1. The van der Waals surface area contributed by atoms with Gasteiger partial charge in [0.05, 0.1) is 38.8 Å². The lowest BCUT2D eigenvalue weighted by Gasteiger charge is -2.39. The smallest absolute Gasteiger partial charge is 0.254 e. The molecule has 7 nitrogen and oxygen atoms in total. The maximum Gasteiger partial charge on any atom is 0.254 e. The van der Waals surface area contributed by atoms with Gasteiger partial charge in [-0.15, -0.1) is 0 Å². The van der Waals surface area contributed by atoms with Gasteiger partial charge in [-0.3, -0.25) is 9.59 Å². The molecule has 32 heavy (non-hydrogen) atoms. The van der Waals surface area contributed by atoms with Gasteiger partial charge in [-0.05, 0) is 29.3 Å². The minimum Gasteiger partial charge on any atom is -0.497 e. The monoisotopic (exact) mass is 438 g/mol. The summed E-state index contributed by atoms with van der Waals surface area (Å²) in [5, 5.41) is 3.14. The molecule has 2 amide bonds. The SMILES string of the molecule is COc1ccc(C2C(C(=O)NCCC[NH+]3CCOCC3)c3ccccc3C(=O)N2C)cc1. The summed E-state index contributed by atoms with van der Waals surface area (Å²) in [5.74, 6) is 0.152. The Balaban J connectivity index is 1.54. The van der Waals surface area contributed by atoms with Crippen molar-refractivity contribution in [3.8, 4) is 5.75 Å². The fourth-order valence-electron chi connectivity index (χ4n) is 4.74. The van der Waals surface area contributed by atoms with Crippen molar-refractivity contribution >= 4 is 11.8 Å². The molecular weight excluding hydrogens is 406 g/mol. The molecule has 4 rings (SSSR count). The number of amides is 2. The van der Waals surface area contributed by atoms with E-state index in [9.17, 15) is 9.59 Å². The van der Waals surface area contributed by atoms with Gasteiger partial charge >= 0.3 is 0 Å². The Hall–Kier alpha value is -2.90. The van der Waals surface area contributed by atoms with Crippen LogP contribution in [0.1, 0.15) is 39.9 Å². The molecule has 1 saturated heterocycles. The first-order chi connectivity index (χ1) is 15.6. The molecule has 2 aliphatic rings. The molecule has 2 aromatic rings. The molecule has 2 aliphatic heterocycles. The van der Waals surface area contributed by atoms with E-state index in [1.807, 2.05) is 42.5 Å². The normalized spacial score (nSPS) is 21.2. The van der Waals surface area contributed by atoms with Crippen LogP contribution in [-0.4, -0.2) is 70.3 Å². The fraction of sp³-hybridized carbons (Fsp3) is 0.440. The maximum atomic E-state index is 13.5. The molecular formula is C25H32N3O4+. The number of ether oxygens (including phenoxy) is 2. The third-order valence-electron chi connectivity index (χ3n) is 6.53. The highest BCUT2D eigenvalue weighted by atomic mass is 16.5. The van der Waals surface area contributed by atoms with Crippen molar-refractivity contribution < 1.29 is 24.0 Å². The number of hydrogen-bond acceptors (Lipinski definition) is 4. The molecule has 2 unspecified atom stereocenters. The van der Waals surface area contributed by atoms with Gasteiger partial charge < -0.3 is 24.6 Å². The van der Waals surface area contributed by atoms with Crippen molar-refractivity contribution in [2.75, 3.05) is 53.6 Å². The highest BCUT2D eigenvalue weighted by Gasteiger charge is 2.42. The number of morpholine rings is 1. The molecule has 2 atom stereocenters. The molecule has 0 radical (unpaired) electrons. The van der Waals surface area contributed by atoms with Crippen molar-refractivity contribution in [2.24, 2.45) is 0 Å². The minimum absolute atomic E-state index is 0.0467. The van der Waals surface area contributed by atoms with Gasteiger partial charge in [-0.2, -0.15) is 0 Å². The van der Waals surface area contributed by atoms with E-state index in [2.05, 4.69) is 5.32 Å². The second-order valence-electron chi connectivity index (χ2n) is 8.46. The van der Waals surface area contributed by atoms with Crippen molar-refractivity contribution in [3.63, 3.8) is 0 Å². The number of carbonyl (C=O) groups is 2. The van der Waals surface area contributed by atoms with Crippen molar-refractivity contribution in [3.05, 3.63) is 65.2 Å². The average Bonchev–Trinajstić information content (AvgIpc) is 2.84. The Kier molecular flexibility index (Phi) is 7.07. The third kappa shape index (κ3) is 4.64. The standard InChI is InChI=1S/C25H31N3O4/c1-27-23(18-8-10-19(31-2)11-9-18)22(20-6-3-4-7-21(20)25(27)30)24(29)26-12-5-13-28-14-16-32-17-15-28/h3-4,6-11,22-23H,5,12-17H2,1-2H3,(H,26,29)/p+1. The summed E-state index contributed by atoms with van der Waals surface area (Å²) in [6.07, 6.45) is 0.914. The maximum absolute atomic E-state index is 13.5. The van der Waals surface area contributed by atoms with Gasteiger partial charge in [-0.1, -0.05) is 30.3 Å². The predicted octanol–water partition coefficient (Wildman–Crippen LogP) is 1.03. The second-order valence-corrected chi connectivity index (χ2v) is 8.46. The number of quaternary nitrogens is 1. The van der Waals surface area contributed by atoms with E-state index in [4.69, 9.17) is 9.47 Å². The number of carbonyl (C=O) groups excluding carboxylic acids is 2. The molecule has 0 bridgehead atoms. The lowest BCUT2D eigenvalue weighted by molar-refractivity contribution is -0.908. The molecule has 0 saturated carbocycles. The lowest BCUT2D eigenvalue weighted by Crippen LogP contribution is -3.14. The lowest BCUT2D eigenvalue weighted by atomic mass is 9.79. The Bertz CT molecular complexity index is 940. The molecule has 0 aliphatic carbocycles. The van der Waals surface area contributed by atoms with E-state index in [0.717, 1.165) is 56.1 Å². The fourth-order valence-corrected chi connectivity index (χ4v) is 4.74. The molecule has 0 spiro atoms. The largest absolute Gasteiger partial charge is 0.497 e. The quantitative estimate of drug-likeness (QED) is 0.634. The Morgan fingerprint density at radius 2 is 1.88 bits per heavy atom. The zero-order valence-corrected chi connectivity index (χ0v) is 18.8. The summed E-state index contributed by atoms with van der Waals surface area (Å²) in [7, 11) is 3.39. The van der Waals surface area contributed by atoms with Gasteiger partial charge in [-0.25, -0.2) is 0 Å². The van der Waals surface area contributed by atoms with Crippen LogP contribution < -0.4 is 15.0 Å². The number of rotatable bonds is 7. The van der Waals surface area contributed by atoms with Gasteiger partial charge in [0.25, 0.3) is 5.91 Å². The molecule has 2 heterocycles. The Morgan fingerprint density at radius 3 is 2.59 bits per heavy atom. The predicted molar refractivity (Wildman–Crippen MR) is 121 cm³/mol. The number of benzene rings is 2. The first-order valence-electron chi connectivity index (χ1n) is 11.3. The summed E-state index contributed by atoms with van der Waals surface area (Å²) in [6, 6.07) is 14.7. The zero-order chi connectivity index (χ0) is 22.5. The number of nitrogens with one attached hydrogen (secondary N) is 2. The van der Waals surface area contributed by atoms with E-state index < -0.39 is 5.92 Å². The van der Waals surface area contributed by atoms with Crippen LogP contribution in [0.4, 0.5) is 0 Å². The van der Waals surface area contributed by atoms with E-state index >= 15 is 0 Å². The van der Waals surface area contributed by atoms with Crippen molar-refractivity contribution in [2.45, 2.75) is 18.4 Å². The highest BCUT2D eigenvalue weighted by molar-refractivity contribution is 6.01.